The van der Waals surface area contributed by atoms with Gasteiger partial charge in [0, 0.05) is 57.5 Å². The van der Waals surface area contributed by atoms with Gasteiger partial charge in [-0.15, -0.1) is 0 Å². The lowest BCUT2D eigenvalue weighted by atomic mass is 9.79. The molecule has 0 radical (unpaired) electrons. The summed E-state index contributed by atoms with van der Waals surface area (Å²) >= 11 is -2.27. The highest BCUT2D eigenvalue weighted by molar-refractivity contribution is 7.79. The lowest BCUT2D eigenvalue weighted by Crippen LogP contribution is -2.60. The molecule has 2 aromatic rings. The zero-order chi connectivity index (χ0) is 21.8. The van der Waals surface area contributed by atoms with Gasteiger partial charge >= 0.3 is 5.97 Å². The van der Waals surface area contributed by atoms with Crippen LogP contribution < -0.4 is 4.90 Å². The summed E-state index contributed by atoms with van der Waals surface area (Å²) < 4.78 is 27.7. The van der Waals surface area contributed by atoms with E-state index in [-0.39, 0.29) is 12.8 Å². The highest BCUT2D eigenvalue weighted by Gasteiger charge is 2.52. The minimum atomic E-state index is -2.27. The maximum atomic E-state index is 12.3. The average Bonchev–Trinajstić information content (AvgIpc) is 2.81. The highest BCUT2D eigenvalue weighted by atomic mass is 32.2. The third-order valence-electron chi connectivity index (χ3n) is 6.35. The second kappa shape index (κ2) is 9.44. The summed E-state index contributed by atoms with van der Waals surface area (Å²) in [5.41, 5.74) is 1.97. The summed E-state index contributed by atoms with van der Waals surface area (Å²) in [6.45, 7) is 2.96. The Morgan fingerprint density at radius 1 is 1.06 bits per heavy atom. The maximum Gasteiger partial charge on any atom is 0.312 e. The second-order valence-corrected chi connectivity index (χ2v) is 9.01. The van der Waals surface area contributed by atoms with Crippen LogP contribution in [-0.4, -0.2) is 74.5 Å². The maximum absolute atomic E-state index is 12.3. The van der Waals surface area contributed by atoms with Crippen LogP contribution in [0.1, 0.15) is 12.8 Å². The molecule has 0 bridgehead atoms. The Morgan fingerprint density at radius 2 is 1.74 bits per heavy atom. The minimum Gasteiger partial charge on any atom is -0.481 e. The number of carboxylic acid groups (broad SMARTS) is 1. The van der Waals surface area contributed by atoms with Gasteiger partial charge in [0.25, 0.3) is 0 Å². The molecule has 0 spiro atoms. The van der Waals surface area contributed by atoms with E-state index in [1.165, 1.54) is 0 Å². The first-order chi connectivity index (χ1) is 15.0. The molecule has 1 aromatic carbocycles. The molecule has 2 atom stereocenters. The van der Waals surface area contributed by atoms with Crippen LogP contribution >= 0.6 is 0 Å². The summed E-state index contributed by atoms with van der Waals surface area (Å²) in [7, 11) is 0. The van der Waals surface area contributed by atoms with E-state index >= 15 is 0 Å². The summed E-state index contributed by atoms with van der Waals surface area (Å²) in [5.74, 6) is -1.02. The Morgan fingerprint density at radius 3 is 2.29 bits per heavy atom. The number of aliphatic carboxylic acids is 1. The fraction of sp³-hybridized carbons (Fsp3) is 0.455. The molecule has 2 fully saturated rings. The quantitative estimate of drug-likeness (QED) is 0.653. The molecule has 2 aliphatic rings. The van der Waals surface area contributed by atoms with Crippen molar-refractivity contribution in [2.45, 2.75) is 18.2 Å². The largest absolute Gasteiger partial charge is 0.481 e. The fourth-order valence-corrected chi connectivity index (χ4v) is 5.77. The second-order valence-electron chi connectivity index (χ2n) is 8.01. The highest BCUT2D eigenvalue weighted by Crippen LogP contribution is 2.39. The third kappa shape index (κ3) is 4.50. The summed E-state index contributed by atoms with van der Waals surface area (Å²) in [6.07, 6.45) is 4.07. The number of piperazine rings is 1. The number of benzene rings is 1. The number of carbonyl (C=O) groups is 1. The van der Waals surface area contributed by atoms with Gasteiger partial charge in [-0.05, 0) is 42.2 Å². The predicted octanol–water partition coefficient (Wildman–Crippen LogP) is 2.30. The summed E-state index contributed by atoms with van der Waals surface area (Å²) in [6, 6.07) is 12.2. The average molecular weight is 446 g/mol. The van der Waals surface area contributed by atoms with Crippen LogP contribution in [-0.2, 0) is 20.6 Å². The Balaban J connectivity index is 1.45. The molecule has 166 valence electrons. The number of aromatic nitrogens is 1. The number of nitrogens with zero attached hydrogens (tertiary/aromatic N) is 3. The van der Waals surface area contributed by atoms with E-state index in [1.54, 1.807) is 6.20 Å². The molecule has 2 aliphatic heterocycles. The standard InChI is InChI=1S/C22H27N3O5S/c26-21(27)22(7-14-30-15-8-22)20(31(28)29)25-12-10-24(11-13-25)19-5-3-17(4-6-19)18-2-1-9-23-16-18/h1-6,9,16,20H,7-8,10-15H2,(H,26,27)(H,28,29). The molecule has 1 aromatic heterocycles. The van der Waals surface area contributed by atoms with E-state index < -0.39 is 27.8 Å². The van der Waals surface area contributed by atoms with E-state index in [0.29, 0.717) is 39.4 Å². The van der Waals surface area contributed by atoms with E-state index in [1.807, 2.05) is 23.2 Å². The lowest BCUT2D eigenvalue weighted by molar-refractivity contribution is -0.158. The fourth-order valence-electron chi connectivity index (χ4n) is 4.58. The topological polar surface area (TPSA) is 103 Å². The van der Waals surface area contributed by atoms with Crippen LogP contribution in [0.2, 0.25) is 0 Å². The molecule has 0 aliphatic carbocycles. The number of pyridine rings is 1. The van der Waals surface area contributed by atoms with Crippen LogP contribution in [0.5, 0.6) is 0 Å². The first kappa shape index (κ1) is 21.9. The molecule has 2 N–H and O–H groups in total. The molecule has 0 saturated carbocycles. The molecule has 4 rings (SSSR count). The van der Waals surface area contributed by atoms with Crippen molar-refractivity contribution in [1.29, 1.82) is 0 Å². The first-order valence-electron chi connectivity index (χ1n) is 10.4. The summed E-state index contributed by atoms with van der Waals surface area (Å²) in [4.78, 5) is 20.4. The van der Waals surface area contributed by atoms with E-state index in [2.05, 4.69) is 34.1 Å². The van der Waals surface area contributed by atoms with Crippen molar-refractivity contribution in [2.75, 3.05) is 44.3 Å². The van der Waals surface area contributed by atoms with Gasteiger partial charge in [-0.25, -0.2) is 4.21 Å². The van der Waals surface area contributed by atoms with Crippen molar-refractivity contribution in [1.82, 2.24) is 9.88 Å². The van der Waals surface area contributed by atoms with Gasteiger partial charge in [-0.2, -0.15) is 0 Å². The van der Waals surface area contributed by atoms with Crippen LogP contribution in [0, 0.1) is 5.41 Å². The van der Waals surface area contributed by atoms with Gasteiger partial charge in [0.15, 0.2) is 11.1 Å². The Labute approximate surface area is 184 Å². The SMILES string of the molecule is O=C(O)C1(C(N2CCN(c3ccc(-c4cccnc4)cc3)CC2)S(=O)O)CCOCC1. The van der Waals surface area contributed by atoms with Crippen molar-refractivity contribution in [3.05, 3.63) is 48.8 Å². The van der Waals surface area contributed by atoms with Gasteiger partial charge in [0.1, 0.15) is 10.8 Å². The van der Waals surface area contributed by atoms with Crippen molar-refractivity contribution >= 4 is 22.7 Å². The molecule has 3 heterocycles. The van der Waals surface area contributed by atoms with Crippen molar-refractivity contribution in [2.24, 2.45) is 5.41 Å². The normalized spacial score (nSPS) is 21.4. The smallest absolute Gasteiger partial charge is 0.312 e. The number of anilines is 1. The minimum absolute atomic E-state index is 0.245. The van der Waals surface area contributed by atoms with Crippen LogP contribution in [0.25, 0.3) is 11.1 Å². The molecular weight excluding hydrogens is 418 g/mol. The number of hydrogen-bond donors (Lipinski definition) is 2. The number of rotatable bonds is 6. The van der Waals surface area contributed by atoms with Gasteiger partial charge in [0.2, 0.25) is 0 Å². The van der Waals surface area contributed by atoms with Crippen molar-refractivity contribution in [3.8, 4) is 11.1 Å². The molecule has 2 saturated heterocycles. The van der Waals surface area contributed by atoms with Crippen molar-refractivity contribution in [3.63, 3.8) is 0 Å². The lowest BCUT2D eigenvalue weighted by Gasteiger charge is -2.46. The van der Waals surface area contributed by atoms with Crippen molar-refractivity contribution < 1.29 is 23.4 Å². The number of carboxylic acids is 1. The van der Waals surface area contributed by atoms with Gasteiger partial charge in [0.05, 0.1) is 0 Å². The molecule has 2 unspecified atom stereocenters. The Kier molecular flexibility index (Phi) is 6.66. The van der Waals surface area contributed by atoms with E-state index in [0.717, 1.165) is 16.8 Å². The molecule has 8 nitrogen and oxygen atoms in total. The summed E-state index contributed by atoms with van der Waals surface area (Å²) in [5, 5.41) is 9.01. The third-order valence-corrected chi connectivity index (χ3v) is 7.48. The number of ether oxygens (including phenoxy) is 1. The molecular formula is C22H27N3O5S. The van der Waals surface area contributed by atoms with Crippen LogP contribution in [0.4, 0.5) is 5.69 Å². The van der Waals surface area contributed by atoms with E-state index in [4.69, 9.17) is 4.74 Å². The van der Waals surface area contributed by atoms with Crippen LogP contribution in [0.15, 0.2) is 48.8 Å². The number of hydrogen-bond acceptors (Lipinski definition) is 6. The van der Waals surface area contributed by atoms with Gasteiger partial charge in [-0.1, -0.05) is 18.2 Å². The van der Waals surface area contributed by atoms with Gasteiger partial charge in [-0.3, -0.25) is 14.7 Å². The first-order valence-corrected chi connectivity index (χ1v) is 11.6. The Bertz CT molecular complexity index is 911. The van der Waals surface area contributed by atoms with E-state index in [9.17, 15) is 18.7 Å². The molecule has 0 amide bonds. The molecule has 31 heavy (non-hydrogen) atoms. The predicted molar refractivity (Wildman–Crippen MR) is 118 cm³/mol. The monoisotopic (exact) mass is 445 g/mol. The zero-order valence-corrected chi connectivity index (χ0v) is 18.0. The Hall–Kier alpha value is -2.33. The molecule has 9 heteroatoms. The van der Waals surface area contributed by atoms with Gasteiger partial charge < -0.3 is 19.3 Å². The zero-order valence-electron chi connectivity index (χ0n) is 17.2. The van der Waals surface area contributed by atoms with Crippen LogP contribution in [0.3, 0.4) is 0 Å².